The predicted molar refractivity (Wildman–Crippen MR) is 53.3 cm³/mol. The van der Waals surface area contributed by atoms with Crippen LogP contribution >= 0.6 is 0 Å². The van der Waals surface area contributed by atoms with Gasteiger partial charge in [0.05, 0.1) is 0 Å². The first kappa shape index (κ1) is 8.74. The fourth-order valence-electron chi connectivity index (χ4n) is 2.92. The van der Waals surface area contributed by atoms with E-state index in [2.05, 4.69) is 20.1 Å². The normalized spacial score (nSPS) is 43.8. The van der Waals surface area contributed by atoms with Crippen LogP contribution in [-0.2, 0) is 4.79 Å². The van der Waals surface area contributed by atoms with Crippen LogP contribution in [0, 0.1) is 17.3 Å². The third-order valence-corrected chi connectivity index (χ3v) is 3.78. The maximum Gasteiger partial charge on any atom is 0.140 e. The van der Waals surface area contributed by atoms with Gasteiger partial charge in [0.2, 0.25) is 0 Å². The number of ketones is 1. The smallest absolute Gasteiger partial charge is 0.140 e. The van der Waals surface area contributed by atoms with E-state index in [1.54, 1.807) is 0 Å². The lowest BCUT2D eigenvalue weighted by atomic mass is 9.68. The van der Waals surface area contributed by atoms with E-state index in [0.717, 1.165) is 18.4 Å². The van der Waals surface area contributed by atoms with Gasteiger partial charge in [0.15, 0.2) is 0 Å². The molecule has 0 aromatic carbocycles. The number of rotatable bonds is 1. The fraction of sp³-hybridized carbons (Fsp3) is 0.583. The van der Waals surface area contributed by atoms with Crippen molar-refractivity contribution < 1.29 is 4.79 Å². The summed E-state index contributed by atoms with van der Waals surface area (Å²) in [6.45, 7) is 10.1. The molecule has 70 valence electrons. The zero-order valence-electron chi connectivity index (χ0n) is 8.18. The van der Waals surface area contributed by atoms with Gasteiger partial charge in [-0.2, -0.15) is 0 Å². The Bertz CT molecular complexity index is 289. The third kappa shape index (κ3) is 1.10. The minimum absolute atomic E-state index is 0.168. The highest BCUT2D eigenvalue weighted by molar-refractivity contribution is 5.86. The zero-order chi connectivity index (χ0) is 9.64. The Labute approximate surface area is 79.5 Å². The van der Waals surface area contributed by atoms with Crippen LogP contribution in [0.3, 0.4) is 0 Å². The Morgan fingerprint density at radius 1 is 1.62 bits per heavy atom. The van der Waals surface area contributed by atoms with Gasteiger partial charge in [0.1, 0.15) is 5.78 Å². The van der Waals surface area contributed by atoms with Crippen molar-refractivity contribution in [2.24, 2.45) is 17.3 Å². The van der Waals surface area contributed by atoms with Gasteiger partial charge in [-0.15, -0.1) is 6.58 Å². The first-order valence-electron chi connectivity index (χ1n) is 4.90. The third-order valence-electron chi connectivity index (χ3n) is 3.78. The van der Waals surface area contributed by atoms with Gasteiger partial charge in [-0.05, 0) is 24.2 Å². The summed E-state index contributed by atoms with van der Waals surface area (Å²) in [6.07, 6.45) is 4.65. The summed E-state index contributed by atoms with van der Waals surface area (Å²) in [5.41, 5.74) is 1.43. The second kappa shape index (κ2) is 2.57. The van der Waals surface area contributed by atoms with Gasteiger partial charge >= 0.3 is 0 Å². The Hall–Kier alpha value is -0.850. The lowest BCUT2D eigenvalue weighted by molar-refractivity contribution is -0.125. The second-order valence-electron chi connectivity index (χ2n) is 4.76. The van der Waals surface area contributed by atoms with Crippen LogP contribution in [0.4, 0.5) is 0 Å². The van der Waals surface area contributed by atoms with Crippen LogP contribution < -0.4 is 0 Å². The molecule has 0 spiro atoms. The molecular weight excluding hydrogens is 160 g/mol. The summed E-state index contributed by atoms with van der Waals surface area (Å²) in [6, 6.07) is 0. The van der Waals surface area contributed by atoms with Crippen molar-refractivity contribution >= 4 is 5.78 Å². The average Bonchev–Trinajstić information content (AvgIpc) is 2.33. The number of carbonyl (C=O) groups is 1. The van der Waals surface area contributed by atoms with Crippen LogP contribution in [0.25, 0.3) is 0 Å². The molecule has 2 aliphatic carbocycles. The molecule has 0 aromatic rings. The van der Waals surface area contributed by atoms with Crippen molar-refractivity contribution in [3.63, 3.8) is 0 Å². The van der Waals surface area contributed by atoms with Crippen molar-refractivity contribution in [1.29, 1.82) is 0 Å². The molecule has 13 heavy (non-hydrogen) atoms. The van der Waals surface area contributed by atoms with E-state index >= 15 is 0 Å². The molecule has 0 saturated heterocycles. The van der Waals surface area contributed by atoms with Gasteiger partial charge in [-0.3, -0.25) is 4.79 Å². The molecule has 0 radical (unpaired) electrons. The maximum absolute atomic E-state index is 11.7. The molecule has 1 unspecified atom stereocenters. The van der Waals surface area contributed by atoms with E-state index in [4.69, 9.17) is 0 Å². The highest BCUT2D eigenvalue weighted by Gasteiger charge is 2.49. The molecule has 2 bridgehead atoms. The number of hydrogen-bond acceptors (Lipinski definition) is 1. The lowest BCUT2D eigenvalue weighted by Gasteiger charge is -2.35. The van der Waals surface area contributed by atoms with E-state index in [9.17, 15) is 4.79 Å². The summed E-state index contributed by atoms with van der Waals surface area (Å²) in [5, 5.41) is 0. The quantitative estimate of drug-likeness (QED) is 0.561. The van der Waals surface area contributed by atoms with Gasteiger partial charge in [0, 0.05) is 12.3 Å². The summed E-state index contributed by atoms with van der Waals surface area (Å²) in [4.78, 5) is 11.7. The van der Waals surface area contributed by atoms with Crippen molar-refractivity contribution in [3.05, 3.63) is 24.8 Å². The first-order valence-corrected chi connectivity index (χ1v) is 4.90. The molecule has 1 nitrogen and oxygen atoms in total. The first-order chi connectivity index (χ1) is 6.07. The number of carbonyl (C=O) groups excluding carboxylic acids is 1. The van der Waals surface area contributed by atoms with E-state index in [1.165, 1.54) is 0 Å². The van der Waals surface area contributed by atoms with Crippen LogP contribution in [0.15, 0.2) is 24.8 Å². The van der Waals surface area contributed by atoms with Crippen molar-refractivity contribution in [1.82, 2.24) is 0 Å². The van der Waals surface area contributed by atoms with Gasteiger partial charge < -0.3 is 0 Å². The minimum Gasteiger partial charge on any atom is -0.299 e. The molecule has 0 aliphatic heterocycles. The maximum atomic E-state index is 11.7. The number of fused-ring (bicyclic) bond motifs is 2. The topological polar surface area (TPSA) is 17.1 Å². The van der Waals surface area contributed by atoms with E-state index < -0.39 is 0 Å². The average molecular weight is 176 g/mol. The van der Waals surface area contributed by atoms with Crippen LogP contribution in [0.2, 0.25) is 0 Å². The molecule has 2 fully saturated rings. The lowest BCUT2D eigenvalue weighted by Crippen LogP contribution is -2.32. The highest BCUT2D eigenvalue weighted by Crippen LogP contribution is 2.55. The Morgan fingerprint density at radius 2 is 2.31 bits per heavy atom. The summed E-state index contributed by atoms with van der Waals surface area (Å²) >= 11 is 0. The minimum atomic E-state index is 0.168. The molecule has 0 heterocycles. The number of hydrogen-bond donors (Lipinski definition) is 0. The molecule has 3 atom stereocenters. The van der Waals surface area contributed by atoms with Crippen molar-refractivity contribution in [2.45, 2.75) is 26.2 Å². The molecule has 0 amide bonds. The molecule has 1 heteroatoms. The van der Waals surface area contributed by atoms with Crippen LogP contribution in [0.5, 0.6) is 0 Å². The van der Waals surface area contributed by atoms with Gasteiger partial charge in [-0.1, -0.05) is 25.2 Å². The van der Waals surface area contributed by atoms with E-state index in [1.807, 2.05) is 6.08 Å². The fourth-order valence-corrected chi connectivity index (χ4v) is 2.92. The molecule has 2 rings (SSSR count). The largest absolute Gasteiger partial charge is 0.299 e. The Kier molecular flexibility index (Phi) is 1.73. The van der Waals surface area contributed by atoms with Crippen molar-refractivity contribution in [2.75, 3.05) is 0 Å². The standard InChI is InChI=1S/C12H16O/c1-4-9-5-11(13)10-7-12(9,3)6-8(10)2/h4,9-10H,1-2,5-7H2,3H3/t9-,10?,12+/m0/s1. The van der Waals surface area contributed by atoms with E-state index in [0.29, 0.717) is 18.1 Å². The van der Waals surface area contributed by atoms with E-state index in [-0.39, 0.29) is 11.3 Å². The molecule has 0 N–H and O–H groups in total. The second-order valence-corrected chi connectivity index (χ2v) is 4.76. The SMILES string of the molecule is C=C[C@H]1CC(=O)C2C[C@@]1(C)CC2=C. The van der Waals surface area contributed by atoms with Gasteiger partial charge in [-0.25, -0.2) is 0 Å². The Balaban J connectivity index is 2.36. The summed E-state index contributed by atoms with van der Waals surface area (Å²) < 4.78 is 0. The van der Waals surface area contributed by atoms with Gasteiger partial charge in [0.25, 0.3) is 0 Å². The highest BCUT2D eigenvalue weighted by atomic mass is 16.1. The molecule has 2 saturated carbocycles. The summed E-state index contributed by atoms with van der Waals surface area (Å²) in [5.74, 6) is 0.918. The number of allylic oxidation sites excluding steroid dienone is 2. The van der Waals surface area contributed by atoms with Crippen LogP contribution in [-0.4, -0.2) is 5.78 Å². The monoisotopic (exact) mass is 176 g/mol. The Morgan fingerprint density at radius 3 is 2.92 bits per heavy atom. The van der Waals surface area contributed by atoms with Crippen molar-refractivity contribution in [3.8, 4) is 0 Å². The molecule has 0 aromatic heterocycles. The predicted octanol–water partition coefficient (Wildman–Crippen LogP) is 2.73. The number of Topliss-reactive ketones (excluding diaryl/α,β-unsaturated/α-hetero) is 1. The molecule has 2 aliphatic rings. The van der Waals surface area contributed by atoms with Crippen LogP contribution in [0.1, 0.15) is 26.2 Å². The zero-order valence-corrected chi connectivity index (χ0v) is 8.18. The summed E-state index contributed by atoms with van der Waals surface area (Å²) in [7, 11) is 0. The molecular formula is C12H16O.